The number of carbonyl (C=O) groups is 1. The largest absolute Gasteiger partial charge is 0.354 e. The van der Waals surface area contributed by atoms with Crippen LogP contribution in [0.25, 0.3) is 11.5 Å². The van der Waals surface area contributed by atoms with Gasteiger partial charge in [-0.3, -0.25) is 4.79 Å². The third-order valence-electron chi connectivity index (χ3n) is 4.28. The predicted octanol–water partition coefficient (Wildman–Crippen LogP) is 1.65. The lowest BCUT2D eigenvalue weighted by Gasteiger charge is -2.15. The summed E-state index contributed by atoms with van der Waals surface area (Å²) >= 11 is 0. The molecule has 2 aromatic heterocycles. The lowest BCUT2D eigenvalue weighted by atomic mass is 10.1. The van der Waals surface area contributed by atoms with E-state index >= 15 is 0 Å². The van der Waals surface area contributed by atoms with Gasteiger partial charge >= 0.3 is 0 Å². The lowest BCUT2D eigenvalue weighted by molar-refractivity contribution is -0.121. The maximum Gasteiger partial charge on any atom is 0.257 e. The zero-order chi connectivity index (χ0) is 20.1. The Morgan fingerprint density at radius 3 is 2.71 bits per heavy atom. The fourth-order valence-corrected chi connectivity index (χ4v) is 2.69. The van der Waals surface area contributed by atoms with Crippen molar-refractivity contribution in [3.05, 3.63) is 47.8 Å². The minimum Gasteiger partial charge on any atom is -0.354 e. The highest BCUT2D eigenvalue weighted by atomic mass is 16.5. The summed E-state index contributed by atoms with van der Waals surface area (Å²) in [4.78, 5) is 21.0. The van der Waals surface area contributed by atoms with Crippen LogP contribution in [0.3, 0.4) is 0 Å². The molecule has 0 saturated heterocycles. The molecule has 0 aliphatic heterocycles. The second-order valence-corrected chi connectivity index (χ2v) is 6.93. The molecule has 1 aromatic carbocycles. The summed E-state index contributed by atoms with van der Waals surface area (Å²) in [6.45, 7) is 6.26. The average Bonchev–Trinajstić information content (AvgIpc) is 3.28. The third kappa shape index (κ3) is 4.80. The second-order valence-electron chi connectivity index (χ2n) is 6.93. The van der Waals surface area contributed by atoms with Gasteiger partial charge in [0.05, 0.1) is 6.04 Å². The van der Waals surface area contributed by atoms with Gasteiger partial charge in [0, 0.05) is 18.5 Å². The van der Waals surface area contributed by atoms with Crippen LogP contribution in [0.4, 0.5) is 0 Å². The van der Waals surface area contributed by atoms with Gasteiger partial charge in [-0.2, -0.15) is 10.1 Å². The molecule has 1 amide bonds. The molecular formula is C19H25N7O2. The first-order valence-corrected chi connectivity index (χ1v) is 9.25. The first-order valence-electron chi connectivity index (χ1n) is 9.25. The minimum atomic E-state index is -0.273. The van der Waals surface area contributed by atoms with E-state index in [1.807, 2.05) is 44.2 Å². The smallest absolute Gasteiger partial charge is 0.257 e. The molecule has 0 spiro atoms. The topological polar surface area (TPSA) is 125 Å². The zero-order valence-electron chi connectivity index (χ0n) is 16.3. The van der Waals surface area contributed by atoms with Crippen molar-refractivity contribution in [1.82, 2.24) is 30.2 Å². The summed E-state index contributed by atoms with van der Waals surface area (Å²) in [5.41, 5.74) is 7.03. The maximum atomic E-state index is 12.3. The van der Waals surface area contributed by atoms with E-state index in [2.05, 4.69) is 25.5 Å². The Labute approximate surface area is 163 Å². The fraction of sp³-hybridized carbons (Fsp3) is 0.421. The molecule has 0 saturated carbocycles. The van der Waals surface area contributed by atoms with E-state index in [0.29, 0.717) is 36.3 Å². The number of nitrogens with two attached hydrogens (primary N) is 1. The second kappa shape index (κ2) is 8.75. The van der Waals surface area contributed by atoms with Gasteiger partial charge < -0.3 is 15.6 Å². The number of benzene rings is 1. The fourth-order valence-electron chi connectivity index (χ4n) is 2.69. The number of nitrogens with zero attached hydrogens (tertiary/aromatic N) is 5. The van der Waals surface area contributed by atoms with Gasteiger partial charge in [0.1, 0.15) is 18.2 Å². The third-order valence-corrected chi connectivity index (χ3v) is 4.28. The molecule has 0 bridgehead atoms. The molecule has 2 heterocycles. The highest BCUT2D eigenvalue weighted by Gasteiger charge is 2.20. The van der Waals surface area contributed by atoms with E-state index in [1.165, 1.54) is 0 Å². The number of hydrogen-bond acceptors (Lipinski definition) is 7. The van der Waals surface area contributed by atoms with Crippen LogP contribution in [0.1, 0.15) is 37.4 Å². The molecule has 0 aliphatic rings. The van der Waals surface area contributed by atoms with Crippen LogP contribution >= 0.6 is 0 Å². The molecule has 0 fully saturated rings. The van der Waals surface area contributed by atoms with Crippen molar-refractivity contribution in [3.8, 4) is 11.5 Å². The number of carbonyl (C=O) groups excluding carboxylic acids is 1. The van der Waals surface area contributed by atoms with Crippen LogP contribution in [0.5, 0.6) is 0 Å². The van der Waals surface area contributed by atoms with Gasteiger partial charge in [-0.05, 0) is 25.0 Å². The molecule has 148 valence electrons. The van der Waals surface area contributed by atoms with Crippen LogP contribution < -0.4 is 11.1 Å². The van der Waals surface area contributed by atoms with E-state index < -0.39 is 0 Å². The Hall–Kier alpha value is -3.07. The molecule has 3 aromatic rings. The number of aromatic nitrogens is 5. The predicted molar refractivity (Wildman–Crippen MR) is 103 cm³/mol. The molecule has 0 aliphatic carbocycles. The molecule has 9 nitrogen and oxygen atoms in total. The molecule has 3 rings (SSSR count). The van der Waals surface area contributed by atoms with Gasteiger partial charge in [-0.25, -0.2) is 9.67 Å². The quantitative estimate of drug-likeness (QED) is 0.606. The molecule has 0 radical (unpaired) electrons. The Kier molecular flexibility index (Phi) is 6.15. The number of aryl methyl sites for hydroxylation is 1. The van der Waals surface area contributed by atoms with E-state index in [0.717, 1.165) is 5.56 Å². The van der Waals surface area contributed by atoms with Gasteiger partial charge in [-0.15, -0.1) is 0 Å². The van der Waals surface area contributed by atoms with Gasteiger partial charge in [0.15, 0.2) is 5.82 Å². The van der Waals surface area contributed by atoms with Crippen molar-refractivity contribution in [2.45, 2.75) is 39.8 Å². The van der Waals surface area contributed by atoms with Crippen molar-refractivity contribution < 1.29 is 9.32 Å². The first-order chi connectivity index (χ1) is 13.4. The number of amides is 1. The Bertz CT molecular complexity index is 918. The van der Waals surface area contributed by atoms with Gasteiger partial charge in [0.2, 0.25) is 5.91 Å². The van der Waals surface area contributed by atoms with E-state index in [1.54, 1.807) is 11.6 Å². The Morgan fingerprint density at radius 2 is 2.00 bits per heavy atom. The number of nitrogens with one attached hydrogen (secondary N) is 1. The number of hydrogen-bond donors (Lipinski definition) is 2. The van der Waals surface area contributed by atoms with Crippen molar-refractivity contribution in [3.63, 3.8) is 0 Å². The molecule has 1 atom stereocenters. The van der Waals surface area contributed by atoms with Crippen LogP contribution in [0.15, 0.2) is 34.9 Å². The van der Waals surface area contributed by atoms with Gasteiger partial charge in [0.25, 0.3) is 5.89 Å². The Morgan fingerprint density at radius 1 is 1.25 bits per heavy atom. The molecule has 0 unspecified atom stereocenters. The van der Waals surface area contributed by atoms with Gasteiger partial charge in [-0.1, -0.05) is 37.2 Å². The van der Waals surface area contributed by atoms with Crippen LogP contribution in [0, 0.1) is 12.8 Å². The molecule has 9 heteroatoms. The average molecular weight is 383 g/mol. The molecule has 3 N–H and O–H groups in total. The standard InChI is InChI=1S/C19H25N7O2/c1-12(2)17(20)18-22-13(3)24-26(18)11-16(27)21-10-9-15-23-19(28-25-15)14-7-5-4-6-8-14/h4-8,12,17H,9-11,20H2,1-3H3,(H,21,27)/t17-/m0/s1. The summed E-state index contributed by atoms with van der Waals surface area (Å²) in [5, 5.41) is 11.1. The van der Waals surface area contributed by atoms with E-state index in [9.17, 15) is 4.79 Å². The highest BCUT2D eigenvalue weighted by molar-refractivity contribution is 5.75. The molecular weight excluding hydrogens is 358 g/mol. The van der Waals surface area contributed by atoms with E-state index in [-0.39, 0.29) is 24.4 Å². The summed E-state index contributed by atoms with van der Waals surface area (Å²) in [6, 6.07) is 9.27. The summed E-state index contributed by atoms with van der Waals surface area (Å²) in [7, 11) is 0. The van der Waals surface area contributed by atoms with Crippen molar-refractivity contribution >= 4 is 5.91 Å². The first kappa shape index (κ1) is 19.7. The summed E-state index contributed by atoms with van der Waals surface area (Å²) < 4.78 is 6.83. The van der Waals surface area contributed by atoms with Crippen molar-refractivity contribution in [2.24, 2.45) is 11.7 Å². The summed E-state index contributed by atoms with van der Waals surface area (Å²) in [5.74, 6) is 2.24. The normalized spacial score (nSPS) is 12.3. The SMILES string of the molecule is Cc1nc([C@@H](N)C(C)C)n(CC(=O)NCCc2noc(-c3ccccc3)n2)n1. The van der Waals surface area contributed by atoms with Crippen LogP contribution in [-0.4, -0.2) is 37.4 Å². The van der Waals surface area contributed by atoms with Crippen LogP contribution in [0.2, 0.25) is 0 Å². The highest BCUT2D eigenvalue weighted by Crippen LogP contribution is 2.17. The van der Waals surface area contributed by atoms with Crippen LogP contribution in [-0.2, 0) is 17.8 Å². The lowest BCUT2D eigenvalue weighted by Crippen LogP contribution is -2.32. The molecule has 28 heavy (non-hydrogen) atoms. The monoisotopic (exact) mass is 383 g/mol. The van der Waals surface area contributed by atoms with Crippen molar-refractivity contribution in [1.29, 1.82) is 0 Å². The Balaban J connectivity index is 1.53. The van der Waals surface area contributed by atoms with Crippen molar-refractivity contribution in [2.75, 3.05) is 6.54 Å². The van der Waals surface area contributed by atoms with E-state index in [4.69, 9.17) is 10.3 Å². The minimum absolute atomic E-state index is 0.0676. The maximum absolute atomic E-state index is 12.3. The summed E-state index contributed by atoms with van der Waals surface area (Å²) in [6.07, 6.45) is 0.469. The number of rotatable bonds is 8. The zero-order valence-corrected chi connectivity index (χ0v) is 16.3.